The standard InChI is InChI=1S/C22H34N4OS/c1-18(2)21-17-28-22(24-21)16-26(14-19-4-8-23-9-5-19)15-20-6-10-25(11-7-20)12-13-27-3/h4-5,8-9,17-18,20H,6-7,10-16H2,1-3H3. The monoisotopic (exact) mass is 402 g/mol. The van der Waals surface area contributed by atoms with E-state index >= 15 is 0 Å². The molecule has 0 aliphatic carbocycles. The van der Waals surface area contributed by atoms with Gasteiger partial charge in [0.1, 0.15) is 5.01 Å². The molecule has 0 spiro atoms. The molecule has 1 saturated heterocycles. The van der Waals surface area contributed by atoms with E-state index in [0.717, 1.165) is 38.7 Å². The lowest BCUT2D eigenvalue weighted by Crippen LogP contribution is -2.39. The summed E-state index contributed by atoms with van der Waals surface area (Å²) in [5.41, 5.74) is 2.54. The van der Waals surface area contributed by atoms with Gasteiger partial charge in [-0.25, -0.2) is 4.98 Å². The number of aromatic nitrogens is 2. The molecule has 0 atom stereocenters. The lowest BCUT2D eigenvalue weighted by atomic mass is 9.96. The van der Waals surface area contributed by atoms with Gasteiger partial charge in [-0.2, -0.15) is 0 Å². The van der Waals surface area contributed by atoms with Gasteiger partial charge in [-0.15, -0.1) is 11.3 Å². The van der Waals surface area contributed by atoms with Crippen LogP contribution in [0.5, 0.6) is 0 Å². The minimum atomic E-state index is 0.495. The van der Waals surface area contributed by atoms with Crippen LogP contribution in [-0.2, 0) is 17.8 Å². The van der Waals surface area contributed by atoms with E-state index < -0.39 is 0 Å². The molecule has 0 radical (unpaired) electrons. The van der Waals surface area contributed by atoms with E-state index in [1.165, 1.54) is 42.2 Å². The predicted molar refractivity (Wildman–Crippen MR) is 116 cm³/mol. The van der Waals surface area contributed by atoms with Gasteiger partial charge in [0.25, 0.3) is 0 Å². The first-order valence-electron chi connectivity index (χ1n) is 10.4. The van der Waals surface area contributed by atoms with Crippen molar-refractivity contribution < 1.29 is 4.74 Å². The highest BCUT2D eigenvalue weighted by molar-refractivity contribution is 7.09. The summed E-state index contributed by atoms with van der Waals surface area (Å²) in [6.45, 7) is 11.7. The highest BCUT2D eigenvalue weighted by atomic mass is 32.1. The topological polar surface area (TPSA) is 41.5 Å². The molecule has 0 unspecified atom stereocenters. The second kappa shape index (κ2) is 11.0. The summed E-state index contributed by atoms with van der Waals surface area (Å²) in [5, 5.41) is 3.45. The third-order valence-electron chi connectivity index (χ3n) is 5.51. The van der Waals surface area contributed by atoms with Crippen molar-refractivity contribution in [1.29, 1.82) is 0 Å². The molecule has 154 valence electrons. The number of nitrogens with zero attached hydrogens (tertiary/aromatic N) is 4. The Hall–Kier alpha value is -1.34. The SMILES string of the molecule is COCCN1CCC(CN(Cc2ccncc2)Cc2nc(C(C)C)cs2)CC1. The molecule has 0 aromatic carbocycles. The lowest BCUT2D eigenvalue weighted by Gasteiger charge is -2.34. The first kappa shape index (κ1) is 21.4. The molecule has 0 N–H and O–H groups in total. The van der Waals surface area contributed by atoms with Crippen molar-refractivity contribution in [1.82, 2.24) is 19.8 Å². The molecule has 1 fully saturated rings. The molecule has 0 saturated carbocycles. The Kier molecular flexibility index (Phi) is 8.40. The Labute approximate surface area is 173 Å². The molecular weight excluding hydrogens is 368 g/mol. The summed E-state index contributed by atoms with van der Waals surface area (Å²) < 4.78 is 5.23. The van der Waals surface area contributed by atoms with E-state index in [1.807, 2.05) is 12.4 Å². The summed E-state index contributed by atoms with van der Waals surface area (Å²) >= 11 is 1.80. The second-order valence-corrected chi connectivity index (χ2v) is 9.07. The van der Waals surface area contributed by atoms with Gasteiger partial charge in [0.2, 0.25) is 0 Å². The molecule has 6 heteroatoms. The molecule has 5 nitrogen and oxygen atoms in total. The van der Waals surface area contributed by atoms with Gasteiger partial charge in [-0.1, -0.05) is 13.8 Å². The molecule has 28 heavy (non-hydrogen) atoms. The minimum Gasteiger partial charge on any atom is -0.383 e. The highest BCUT2D eigenvalue weighted by Gasteiger charge is 2.22. The first-order valence-corrected chi connectivity index (χ1v) is 11.3. The van der Waals surface area contributed by atoms with Crippen molar-refractivity contribution >= 4 is 11.3 Å². The van der Waals surface area contributed by atoms with Crippen LogP contribution >= 0.6 is 11.3 Å². The Balaban J connectivity index is 1.59. The van der Waals surface area contributed by atoms with Crippen LogP contribution in [0.4, 0.5) is 0 Å². The van der Waals surface area contributed by atoms with Gasteiger partial charge in [0.05, 0.1) is 18.8 Å². The van der Waals surface area contributed by atoms with Gasteiger partial charge in [-0.05, 0) is 55.5 Å². The van der Waals surface area contributed by atoms with Gasteiger partial charge in [0.15, 0.2) is 0 Å². The van der Waals surface area contributed by atoms with Crippen molar-refractivity contribution in [2.75, 3.05) is 39.9 Å². The predicted octanol–water partition coefficient (Wildman–Crippen LogP) is 4.02. The summed E-state index contributed by atoms with van der Waals surface area (Å²) in [7, 11) is 1.78. The van der Waals surface area contributed by atoms with E-state index in [1.54, 1.807) is 18.4 Å². The molecule has 3 heterocycles. The Morgan fingerprint density at radius 3 is 2.61 bits per heavy atom. The van der Waals surface area contributed by atoms with Crippen LogP contribution < -0.4 is 0 Å². The van der Waals surface area contributed by atoms with Crippen molar-refractivity contribution in [2.45, 2.75) is 45.7 Å². The van der Waals surface area contributed by atoms with E-state index in [4.69, 9.17) is 9.72 Å². The number of likely N-dealkylation sites (tertiary alicyclic amines) is 1. The normalized spacial score (nSPS) is 16.3. The van der Waals surface area contributed by atoms with E-state index in [9.17, 15) is 0 Å². The maximum absolute atomic E-state index is 5.23. The van der Waals surface area contributed by atoms with Crippen LogP contribution in [0.2, 0.25) is 0 Å². The smallest absolute Gasteiger partial charge is 0.107 e. The maximum atomic E-state index is 5.23. The fourth-order valence-electron chi connectivity index (χ4n) is 3.76. The van der Waals surface area contributed by atoms with E-state index in [2.05, 4.69) is 46.1 Å². The van der Waals surface area contributed by atoms with E-state index in [-0.39, 0.29) is 0 Å². The summed E-state index contributed by atoms with van der Waals surface area (Å²) in [6.07, 6.45) is 6.32. The maximum Gasteiger partial charge on any atom is 0.107 e. The molecule has 1 aliphatic heterocycles. The number of rotatable bonds is 10. The average Bonchev–Trinajstić information content (AvgIpc) is 3.17. The number of ether oxygens (including phenoxy) is 1. The quantitative estimate of drug-likeness (QED) is 0.600. The lowest BCUT2D eigenvalue weighted by molar-refractivity contribution is 0.103. The van der Waals surface area contributed by atoms with Crippen LogP contribution in [0.1, 0.15) is 48.9 Å². The second-order valence-electron chi connectivity index (χ2n) is 8.12. The zero-order chi connectivity index (χ0) is 19.8. The molecule has 1 aliphatic rings. The fraction of sp³-hybridized carbons (Fsp3) is 0.636. The molecule has 2 aromatic rings. The van der Waals surface area contributed by atoms with Crippen LogP contribution in [-0.4, -0.2) is 59.7 Å². The van der Waals surface area contributed by atoms with Crippen molar-refractivity contribution in [3.8, 4) is 0 Å². The Morgan fingerprint density at radius 2 is 1.96 bits per heavy atom. The third-order valence-corrected chi connectivity index (χ3v) is 6.36. The van der Waals surface area contributed by atoms with Crippen molar-refractivity contribution in [3.05, 3.63) is 46.2 Å². The van der Waals surface area contributed by atoms with Crippen LogP contribution in [0.25, 0.3) is 0 Å². The summed E-state index contributed by atoms with van der Waals surface area (Å²) in [6, 6.07) is 4.25. The van der Waals surface area contributed by atoms with Gasteiger partial charge in [0, 0.05) is 44.5 Å². The number of methoxy groups -OCH3 is 1. The van der Waals surface area contributed by atoms with Crippen LogP contribution in [0.15, 0.2) is 29.9 Å². The van der Waals surface area contributed by atoms with E-state index in [0.29, 0.717) is 5.92 Å². The number of pyridine rings is 1. The average molecular weight is 403 g/mol. The van der Waals surface area contributed by atoms with Crippen LogP contribution in [0, 0.1) is 5.92 Å². The Bertz CT molecular complexity index is 683. The highest BCUT2D eigenvalue weighted by Crippen LogP contribution is 2.23. The molecule has 2 aromatic heterocycles. The largest absolute Gasteiger partial charge is 0.383 e. The molecule has 0 amide bonds. The number of piperidine rings is 1. The fourth-order valence-corrected chi connectivity index (χ4v) is 4.76. The number of thiazole rings is 1. The van der Waals surface area contributed by atoms with Crippen LogP contribution in [0.3, 0.4) is 0 Å². The zero-order valence-corrected chi connectivity index (χ0v) is 18.3. The summed E-state index contributed by atoms with van der Waals surface area (Å²) in [5.74, 6) is 1.25. The number of hydrogen-bond donors (Lipinski definition) is 0. The van der Waals surface area contributed by atoms with Gasteiger partial charge in [-0.3, -0.25) is 9.88 Å². The minimum absolute atomic E-state index is 0.495. The van der Waals surface area contributed by atoms with Crippen molar-refractivity contribution in [3.63, 3.8) is 0 Å². The summed E-state index contributed by atoms with van der Waals surface area (Å²) in [4.78, 5) is 14.1. The van der Waals surface area contributed by atoms with Gasteiger partial charge >= 0.3 is 0 Å². The molecular formula is C22H34N4OS. The molecule has 0 bridgehead atoms. The van der Waals surface area contributed by atoms with Gasteiger partial charge < -0.3 is 9.64 Å². The molecule has 3 rings (SSSR count). The number of hydrogen-bond acceptors (Lipinski definition) is 6. The third kappa shape index (κ3) is 6.62. The first-order chi connectivity index (χ1) is 13.6. The Morgan fingerprint density at radius 1 is 1.21 bits per heavy atom. The zero-order valence-electron chi connectivity index (χ0n) is 17.5. The van der Waals surface area contributed by atoms with Crippen molar-refractivity contribution in [2.24, 2.45) is 5.92 Å².